The minimum absolute atomic E-state index is 0.135. The lowest BCUT2D eigenvalue weighted by Crippen LogP contribution is -2.33. The van der Waals surface area contributed by atoms with Crippen LogP contribution in [0.1, 0.15) is 54.6 Å². The van der Waals surface area contributed by atoms with Gasteiger partial charge in [-0.25, -0.2) is 4.98 Å². The van der Waals surface area contributed by atoms with Crippen molar-refractivity contribution in [2.45, 2.75) is 59.3 Å². The highest BCUT2D eigenvalue weighted by molar-refractivity contribution is 5.84. The first-order valence-electron chi connectivity index (χ1n) is 10.3. The third-order valence-corrected chi connectivity index (χ3v) is 5.75. The topological polar surface area (TPSA) is 63.1 Å². The average molecular weight is 372 g/mol. The van der Waals surface area contributed by atoms with Gasteiger partial charge in [0.05, 0.1) is 5.69 Å². The van der Waals surface area contributed by atoms with Crippen LogP contribution in [0.2, 0.25) is 0 Å². The molecule has 0 spiro atoms. The minimum Gasteiger partial charge on any atom is -0.356 e. The number of piperidine rings is 1. The third-order valence-electron chi connectivity index (χ3n) is 5.75. The molecule has 0 bridgehead atoms. The van der Waals surface area contributed by atoms with Crippen molar-refractivity contribution in [1.82, 2.24) is 25.0 Å². The summed E-state index contributed by atoms with van der Waals surface area (Å²) in [5, 5.41) is 8.69. The van der Waals surface area contributed by atoms with E-state index in [9.17, 15) is 4.79 Å². The molecule has 6 heteroatoms. The number of amides is 1. The molecule has 3 heterocycles. The van der Waals surface area contributed by atoms with E-state index in [4.69, 9.17) is 4.98 Å². The van der Waals surface area contributed by atoms with Gasteiger partial charge in [-0.15, -0.1) is 0 Å². The van der Waals surface area contributed by atoms with Gasteiger partial charge in [-0.1, -0.05) is 6.42 Å². The number of likely N-dealkylation sites (tertiary alicyclic amines) is 1. The molecule has 3 rings (SSSR count). The molecule has 1 aliphatic heterocycles. The van der Waals surface area contributed by atoms with Gasteiger partial charge in [0.25, 0.3) is 0 Å². The quantitative estimate of drug-likeness (QED) is 0.760. The molecule has 2 aromatic heterocycles. The smallest absolute Gasteiger partial charge is 0.220 e. The Morgan fingerprint density at radius 1 is 1.11 bits per heavy atom. The molecule has 0 atom stereocenters. The van der Waals surface area contributed by atoms with E-state index in [1.165, 1.54) is 43.5 Å². The van der Waals surface area contributed by atoms with Crippen LogP contribution >= 0.6 is 0 Å². The predicted octanol–water partition coefficient (Wildman–Crippen LogP) is 2.82. The lowest BCUT2D eigenvalue weighted by atomic mass is 9.99. The van der Waals surface area contributed by atoms with E-state index in [1.54, 1.807) is 0 Å². The Morgan fingerprint density at radius 3 is 2.59 bits per heavy atom. The standard InChI is InChI=1S/C21H33N5O/c1-15-18(16(2)23-21-20(15)17(3)24-25(21)4)9-10-19(27)22-11-8-14-26-12-6-5-7-13-26/h5-14H2,1-4H3,(H,22,27). The van der Waals surface area contributed by atoms with Crippen LogP contribution in [0.3, 0.4) is 0 Å². The molecule has 27 heavy (non-hydrogen) atoms. The first kappa shape index (κ1) is 19.8. The van der Waals surface area contributed by atoms with Crippen molar-refractivity contribution >= 4 is 16.9 Å². The highest BCUT2D eigenvalue weighted by Gasteiger charge is 2.16. The Bertz CT molecular complexity index is 805. The summed E-state index contributed by atoms with van der Waals surface area (Å²) < 4.78 is 1.84. The third kappa shape index (κ3) is 4.67. The summed E-state index contributed by atoms with van der Waals surface area (Å²) in [6.45, 7) is 10.5. The molecule has 1 N–H and O–H groups in total. The number of aryl methyl sites for hydroxylation is 4. The molecule has 1 saturated heterocycles. The molecule has 1 fully saturated rings. The van der Waals surface area contributed by atoms with Gasteiger partial charge >= 0.3 is 0 Å². The second-order valence-electron chi connectivity index (χ2n) is 7.81. The Kier molecular flexibility index (Phi) is 6.47. The van der Waals surface area contributed by atoms with E-state index in [1.807, 2.05) is 25.6 Å². The molecule has 0 radical (unpaired) electrons. The summed E-state index contributed by atoms with van der Waals surface area (Å²) in [5.74, 6) is 0.135. The average Bonchev–Trinajstić information content (AvgIpc) is 2.93. The lowest BCUT2D eigenvalue weighted by Gasteiger charge is -2.26. The number of nitrogens with one attached hydrogen (secondary N) is 1. The van der Waals surface area contributed by atoms with Crippen molar-refractivity contribution in [2.75, 3.05) is 26.2 Å². The van der Waals surface area contributed by atoms with Crippen LogP contribution in [0.25, 0.3) is 11.0 Å². The molecular formula is C21H33N5O. The molecule has 148 valence electrons. The summed E-state index contributed by atoms with van der Waals surface area (Å²) in [4.78, 5) is 19.5. The largest absolute Gasteiger partial charge is 0.356 e. The second kappa shape index (κ2) is 8.83. The maximum atomic E-state index is 12.3. The first-order valence-corrected chi connectivity index (χ1v) is 10.3. The molecular weight excluding hydrogens is 338 g/mol. The van der Waals surface area contributed by atoms with Gasteiger partial charge in [-0.05, 0) is 77.2 Å². The number of carbonyl (C=O) groups excluding carboxylic acids is 1. The normalized spacial score (nSPS) is 15.4. The maximum absolute atomic E-state index is 12.3. The van der Waals surface area contributed by atoms with Crippen molar-refractivity contribution in [3.63, 3.8) is 0 Å². The number of nitrogens with zero attached hydrogens (tertiary/aromatic N) is 4. The molecule has 0 aromatic carbocycles. The Morgan fingerprint density at radius 2 is 1.85 bits per heavy atom. The number of fused-ring (bicyclic) bond motifs is 1. The van der Waals surface area contributed by atoms with Gasteiger partial charge < -0.3 is 10.2 Å². The van der Waals surface area contributed by atoms with Crippen molar-refractivity contribution in [3.05, 3.63) is 22.5 Å². The van der Waals surface area contributed by atoms with Crippen LogP contribution in [0.5, 0.6) is 0 Å². The highest BCUT2D eigenvalue weighted by Crippen LogP contribution is 2.25. The molecule has 1 amide bonds. The van der Waals surface area contributed by atoms with Crippen molar-refractivity contribution in [3.8, 4) is 0 Å². The number of rotatable bonds is 7. The van der Waals surface area contributed by atoms with E-state index in [-0.39, 0.29) is 5.91 Å². The predicted molar refractivity (Wildman–Crippen MR) is 109 cm³/mol. The molecule has 0 aliphatic carbocycles. The van der Waals surface area contributed by atoms with Gasteiger partial charge in [0.2, 0.25) is 5.91 Å². The summed E-state index contributed by atoms with van der Waals surface area (Å²) in [7, 11) is 1.93. The number of hydrogen-bond acceptors (Lipinski definition) is 4. The van der Waals surface area contributed by atoms with Gasteiger partial charge in [0, 0.05) is 31.1 Å². The Balaban J connectivity index is 1.50. The van der Waals surface area contributed by atoms with Gasteiger partial charge in [0.15, 0.2) is 5.65 Å². The maximum Gasteiger partial charge on any atom is 0.220 e. The van der Waals surface area contributed by atoms with E-state index in [0.29, 0.717) is 6.42 Å². The summed E-state index contributed by atoms with van der Waals surface area (Å²) in [5.41, 5.74) is 5.32. The van der Waals surface area contributed by atoms with Crippen molar-refractivity contribution in [2.24, 2.45) is 7.05 Å². The number of hydrogen-bond donors (Lipinski definition) is 1. The fourth-order valence-electron chi connectivity index (χ4n) is 4.27. The monoisotopic (exact) mass is 371 g/mol. The fraction of sp³-hybridized carbons (Fsp3) is 0.667. The zero-order chi connectivity index (χ0) is 19.4. The van der Waals surface area contributed by atoms with E-state index in [2.05, 4.69) is 22.2 Å². The second-order valence-corrected chi connectivity index (χ2v) is 7.81. The van der Waals surface area contributed by atoms with Crippen LogP contribution in [0.4, 0.5) is 0 Å². The van der Waals surface area contributed by atoms with Crippen LogP contribution in [0.15, 0.2) is 0 Å². The number of carbonyl (C=O) groups is 1. The van der Waals surface area contributed by atoms with Crippen LogP contribution < -0.4 is 5.32 Å². The summed E-state index contributed by atoms with van der Waals surface area (Å²) in [6.07, 6.45) is 6.28. The van der Waals surface area contributed by atoms with E-state index >= 15 is 0 Å². The lowest BCUT2D eigenvalue weighted by molar-refractivity contribution is -0.121. The summed E-state index contributed by atoms with van der Waals surface area (Å²) >= 11 is 0. The SMILES string of the molecule is Cc1nc2c(c(C)nn2C)c(C)c1CCC(=O)NCCCN1CCCCC1. The van der Waals surface area contributed by atoms with Crippen LogP contribution in [0, 0.1) is 20.8 Å². The van der Waals surface area contributed by atoms with Crippen molar-refractivity contribution in [1.29, 1.82) is 0 Å². The number of aromatic nitrogens is 3. The van der Waals surface area contributed by atoms with Crippen LogP contribution in [-0.2, 0) is 18.3 Å². The van der Waals surface area contributed by atoms with Crippen molar-refractivity contribution < 1.29 is 4.79 Å². The molecule has 0 unspecified atom stereocenters. The molecule has 0 saturated carbocycles. The molecule has 1 aliphatic rings. The van der Waals surface area contributed by atoms with E-state index < -0.39 is 0 Å². The fourth-order valence-corrected chi connectivity index (χ4v) is 4.27. The van der Waals surface area contributed by atoms with E-state index in [0.717, 1.165) is 48.4 Å². The Hall–Kier alpha value is -1.95. The van der Waals surface area contributed by atoms with Gasteiger partial charge in [0.1, 0.15) is 0 Å². The highest BCUT2D eigenvalue weighted by atomic mass is 16.1. The zero-order valence-corrected chi connectivity index (χ0v) is 17.3. The Labute approximate surface area is 162 Å². The van der Waals surface area contributed by atoms with Crippen LogP contribution in [-0.4, -0.2) is 51.8 Å². The molecule has 2 aromatic rings. The first-order chi connectivity index (χ1) is 13.0. The van der Waals surface area contributed by atoms with Gasteiger partial charge in [-0.2, -0.15) is 5.10 Å². The zero-order valence-electron chi connectivity index (χ0n) is 17.3. The minimum atomic E-state index is 0.135. The van der Waals surface area contributed by atoms with Gasteiger partial charge in [-0.3, -0.25) is 9.48 Å². The summed E-state index contributed by atoms with van der Waals surface area (Å²) in [6, 6.07) is 0. The molecule has 6 nitrogen and oxygen atoms in total. The number of pyridine rings is 1.